The highest BCUT2D eigenvalue weighted by molar-refractivity contribution is 14.1. The molecule has 0 fully saturated rings. The fraction of sp³-hybridized carbons (Fsp3) is 0. The summed E-state index contributed by atoms with van der Waals surface area (Å²) in [6, 6.07) is 1.87. The van der Waals surface area contributed by atoms with E-state index < -0.39 is 0 Å². The second-order valence-corrected chi connectivity index (χ2v) is 2.87. The van der Waals surface area contributed by atoms with Crippen molar-refractivity contribution in [1.82, 2.24) is 4.98 Å². The van der Waals surface area contributed by atoms with Gasteiger partial charge in [0.15, 0.2) is 22.0 Å². The third-order valence-electron chi connectivity index (χ3n) is 0.817. The zero-order chi connectivity index (χ0) is 6.69. The lowest BCUT2D eigenvalue weighted by Crippen LogP contribution is -1.79. The molecule has 0 spiro atoms. The molecule has 0 unspecified atom stereocenters. The Labute approximate surface area is 75.2 Å². The molecule has 0 saturated heterocycles. The van der Waals surface area contributed by atoms with Crippen molar-refractivity contribution < 1.29 is 3.83 Å². The second-order valence-electron chi connectivity index (χ2n) is 1.38. The van der Waals surface area contributed by atoms with Gasteiger partial charge in [-0.3, -0.25) is 4.98 Å². The first-order valence-corrected chi connectivity index (χ1v) is 3.95. The van der Waals surface area contributed by atoms with E-state index in [1.165, 1.54) is 0 Å². The minimum atomic E-state index is 0.748. The van der Waals surface area contributed by atoms with Crippen LogP contribution in [0.5, 0.6) is 5.75 Å². The van der Waals surface area contributed by atoms with Gasteiger partial charge in [0.25, 0.3) is 0 Å². The van der Waals surface area contributed by atoms with Crippen molar-refractivity contribution in [2.75, 3.05) is 0 Å². The molecule has 1 aromatic rings. The third-order valence-corrected chi connectivity index (χ3v) is 2.06. The quantitative estimate of drug-likeness (QED) is 0.743. The van der Waals surface area contributed by atoms with Crippen LogP contribution in [0.4, 0.5) is 0 Å². The molecule has 0 aliphatic rings. The Morgan fingerprint density at radius 1 is 1.67 bits per heavy atom. The molecule has 48 valence electrons. The summed E-state index contributed by atoms with van der Waals surface area (Å²) in [4.78, 5) is 3.86. The van der Waals surface area contributed by atoms with Gasteiger partial charge in [0.1, 0.15) is 0 Å². The van der Waals surface area contributed by atoms with E-state index in [2.05, 4.69) is 43.8 Å². The number of hydrogen-bond acceptors (Lipinski definition) is 2. The molecule has 0 saturated carbocycles. The van der Waals surface area contributed by atoms with Crippen molar-refractivity contribution in [3.8, 4) is 5.75 Å². The molecule has 0 aliphatic carbocycles. The van der Waals surface area contributed by atoms with Crippen molar-refractivity contribution in [3.63, 3.8) is 0 Å². The van der Waals surface area contributed by atoms with E-state index in [0.29, 0.717) is 0 Å². The zero-order valence-electron chi connectivity index (χ0n) is 4.34. The number of pyridine rings is 1. The summed E-state index contributed by atoms with van der Waals surface area (Å²) in [5, 5.41) is 0. The molecule has 0 bridgehead atoms. The molecule has 0 radical (unpaired) electrons. The summed E-state index contributed by atoms with van der Waals surface area (Å²) in [6.07, 6.45) is 3.37. The van der Waals surface area contributed by atoms with Crippen molar-refractivity contribution in [1.29, 1.82) is 0 Å². The minimum absolute atomic E-state index is 0.748. The number of rotatable bonds is 1. The Bertz CT molecular complexity index is 206. The van der Waals surface area contributed by atoms with E-state index in [1.54, 1.807) is 12.4 Å². The largest absolute Gasteiger partial charge is 0.415 e. The van der Waals surface area contributed by atoms with Crippen LogP contribution in [-0.4, -0.2) is 4.98 Å². The van der Waals surface area contributed by atoms with Gasteiger partial charge in [-0.25, -0.2) is 0 Å². The van der Waals surface area contributed by atoms with Gasteiger partial charge in [-0.15, -0.1) is 0 Å². The molecule has 4 heteroatoms. The molecule has 2 nitrogen and oxygen atoms in total. The molecule has 1 heterocycles. The van der Waals surface area contributed by atoms with Gasteiger partial charge < -0.3 is 3.83 Å². The van der Waals surface area contributed by atoms with Gasteiger partial charge in [-0.1, -0.05) is 0 Å². The zero-order valence-corrected chi connectivity index (χ0v) is 8.09. The predicted molar refractivity (Wildman–Crippen MR) is 46.5 cm³/mol. The summed E-state index contributed by atoms with van der Waals surface area (Å²) < 4.78 is 5.83. The van der Waals surface area contributed by atoms with E-state index in [1.807, 2.05) is 6.07 Å². The van der Waals surface area contributed by atoms with Crippen LogP contribution < -0.4 is 3.83 Å². The van der Waals surface area contributed by atoms with Gasteiger partial charge in [-0.2, -0.15) is 0 Å². The summed E-state index contributed by atoms with van der Waals surface area (Å²) >= 11 is 5.03. The highest BCUT2D eigenvalue weighted by atomic mass is 127. The highest BCUT2D eigenvalue weighted by Crippen LogP contribution is 2.19. The summed E-state index contributed by atoms with van der Waals surface area (Å²) in [5.74, 6) is 0.748. The molecule has 0 amide bonds. The lowest BCUT2D eigenvalue weighted by molar-refractivity contribution is 0.668. The van der Waals surface area contributed by atoms with E-state index in [-0.39, 0.29) is 0 Å². The van der Waals surface area contributed by atoms with Crippen LogP contribution in [0.1, 0.15) is 0 Å². The van der Waals surface area contributed by atoms with Crippen molar-refractivity contribution in [2.24, 2.45) is 0 Å². The van der Waals surface area contributed by atoms with Crippen LogP contribution in [0.25, 0.3) is 0 Å². The fourth-order valence-corrected chi connectivity index (χ4v) is 1.39. The Kier molecular flexibility index (Phi) is 2.71. The molecule has 1 aromatic heterocycles. The van der Waals surface area contributed by atoms with Gasteiger partial charge in [0.2, 0.25) is 0 Å². The van der Waals surface area contributed by atoms with Crippen LogP contribution in [-0.2, 0) is 0 Å². The molecular formula is C5H3BrINO. The predicted octanol–water partition coefficient (Wildman–Crippen LogP) is 2.37. The summed E-state index contributed by atoms with van der Waals surface area (Å²) in [7, 11) is 0. The Morgan fingerprint density at radius 2 is 2.44 bits per heavy atom. The number of nitrogens with zero attached hydrogens (tertiary/aromatic N) is 1. The van der Waals surface area contributed by atoms with Crippen LogP contribution >= 0.6 is 38.8 Å². The van der Waals surface area contributed by atoms with Crippen LogP contribution in [0.15, 0.2) is 18.5 Å². The third kappa shape index (κ3) is 1.79. The van der Waals surface area contributed by atoms with Crippen molar-refractivity contribution in [3.05, 3.63) is 22.0 Å². The standard InChI is InChI=1S/C5H3BrINO/c6-9-5-3-8-2-1-4(5)7/h1-3H. The molecule has 0 atom stereocenters. The van der Waals surface area contributed by atoms with Crippen LogP contribution in [0, 0.1) is 3.57 Å². The topological polar surface area (TPSA) is 22.1 Å². The molecule has 9 heavy (non-hydrogen) atoms. The second kappa shape index (κ2) is 3.36. The Morgan fingerprint density at radius 3 is 2.89 bits per heavy atom. The Balaban J connectivity index is 3.01. The number of hydrogen-bond donors (Lipinski definition) is 0. The van der Waals surface area contributed by atoms with E-state index >= 15 is 0 Å². The summed E-state index contributed by atoms with van der Waals surface area (Å²) in [5.41, 5.74) is 0. The average Bonchev–Trinajstić information content (AvgIpc) is 1.89. The van der Waals surface area contributed by atoms with Gasteiger partial charge in [0, 0.05) is 6.20 Å². The monoisotopic (exact) mass is 299 g/mol. The maximum atomic E-state index is 4.79. The van der Waals surface area contributed by atoms with E-state index in [4.69, 9.17) is 3.83 Å². The number of aromatic nitrogens is 1. The van der Waals surface area contributed by atoms with Gasteiger partial charge in [0.05, 0.1) is 9.77 Å². The maximum absolute atomic E-state index is 4.79. The first kappa shape index (κ1) is 7.27. The smallest absolute Gasteiger partial charge is 0.179 e. The maximum Gasteiger partial charge on any atom is 0.179 e. The lowest BCUT2D eigenvalue weighted by Gasteiger charge is -1.95. The van der Waals surface area contributed by atoms with E-state index in [9.17, 15) is 0 Å². The number of halogens is 2. The van der Waals surface area contributed by atoms with Gasteiger partial charge >= 0.3 is 0 Å². The van der Waals surface area contributed by atoms with Crippen LogP contribution in [0.2, 0.25) is 0 Å². The van der Waals surface area contributed by atoms with Gasteiger partial charge in [-0.05, 0) is 28.7 Å². The SMILES string of the molecule is BrOc1cnccc1I. The Hall–Kier alpha value is 0.160. The van der Waals surface area contributed by atoms with Crippen LogP contribution in [0.3, 0.4) is 0 Å². The summed E-state index contributed by atoms with van der Waals surface area (Å²) in [6.45, 7) is 0. The fourth-order valence-electron chi connectivity index (χ4n) is 0.420. The molecule has 0 aliphatic heterocycles. The van der Waals surface area contributed by atoms with E-state index in [0.717, 1.165) is 9.32 Å². The lowest BCUT2D eigenvalue weighted by atomic mass is 10.5. The van der Waals surface area contributed by atoms with Crippen molar-refractivity contribution >= 4 is 38.8 Å². The molecule has 1 rings (SSSR count). The van der Waals surface area contributed by atoms with Crippen molar-refractivity contribution in [2.45, 2.75) is 0 Å². The first-order valence-electron chi connectivity index (χ1n) is 2.22. The highest BCUT2D eigenvalue weighted by Gasteiger charge is 1.95. The molecular weight excluding hydrogens is 297 g/mol. The average molecular weight is 300 g/mol. The molecule has 0 N–H and O–H groups in total. The minimum Gasteiger partial charge on any atom is -0.415 e. The molecule has 0 aromatic carbocycles. The first-order chi connectivity index (χ1) is 4.34. The normalized spacial score (nSPS) is 9.11.